The van der Waals surface area contributed by atoms with Crippen LogP contribution in [0, 0.1) is 6.92 Å². The maximum Gasteiger partial charge on any atom is 0.319 e. The van der Waals surface area contributed by atoms with Crippen LogP contribution >= 0.6 is 0 Å². The fourth-order valence-electron chi connectivity index (χ4n) is 1.62. The summed E-state index contributed by atoms with van der Waals surface area (Å²) < 4.78 is 1.69. The van der Waals surface area contributed by atoms with Crippen LogP contribution in [0.5, 0.6) is 0 Å². The van der Waals surface area contributed by atoms with E-state index in [2.05, 4.69) is 15.7 Å². The quantitative estimate of drug-likeness (QED) is 0.771. The lowest BCUT2D eigenvalue weighted by Gasteiger charge is -2.26. The van der Waals surface area contributed by atoms with Crippen molar-refractivity contribution in [1.82, 2.24) is 15.1 Å². The maximum atomic E-state index is 11.5. The Labute approximate surface area is 88.8 Å². The van der Waals surface area contributed by atoms with Gasteiger partial charge in [0, 0.05) is 19.3 Å². The van der Waals surface area contributed by atoms with Gasteiger partial charge in [-0.15, -0.1) is 0 Å². The Morgan fingerprint density at radius 3 is 2.80 bits per heavy atom. The van der Waals surface area contributed by atoms with Gasteiger partial charge in [0.05, 0.1) is 11.4 Å². The van der Waals surface area contributed by atoms with Gasteiger partial charge in [-0.1, -0.05) is 0 Å². The predicted octanol–water partition coefficient (Wildman–Crippen LogP) is 1.40. The number of carbonyl (C=O) groups is 1. The van der Waals surface area contributed by atoms with Crippen molar-refractivity contribution in [3.63, 3.8) is 0 Å². The number of nitrogens with zero attached hydrogens (tertiary/aromatic N) is 2. The van der Waals surface area contributed by atoms with Gasteiger partial charge >= 0.3 is 6.03 Å². The average molecular weight is 208 g/mol. The number of aromatic nitrogens is 2. The van der Waals surface area contributed by atoms with Crippen molar-refractivity contribution in [2.45, 2.75) is 32.2 Å². The minimum atomic E-state index is -0.129. The number of aryl methyl sites for hydroxylation is 2. The molecule has 5 heteroatoms. The molecule has 2 N–H and O–H groups in total. The van der Waals surface area contributed by atoms with E-state index < -0.39 is 0 Å². The second-order valence-electron chi connectivity index (χ2n) is 4.03. The Balaban J connectivity index is 1.90. The van der Waals surface area contributed by atoms with E-state index in [0.717, 1.165) is 24.2 Å². The maximum absolute atomic E-state index is 11.5. The third-order valence-corrected chi connectivity index (χ3v) is 2.70. The Morgan fingerprint density at radius 2 is 2.33 bits per heavy atom. The van der Waals surface area contributed by atoms with Gasteiger partial charge in [0.2, 0.25) is 0 Å². The molecule has 5 nitrogen and oxygen atoms in total. The van der Waals surface area contributed by atoms with Gasteiger partial charge < -0.3 is 10.6 Å². The SMILES string of the molecule is Cc1nn(C)cc1NC(=O)NC1CCC1. The van der Waals surface area contributed by atoms with E-state index in [1.807, 2.05) is 14.0 Å². The lowest BCUT2D eigenvalue weighted by atomic mass is 9.93. The number of anilines is 1. The Bertz CT molecular complexity index is 367. The summed E-state index contributed by atoms with van der Waals surface area (Å²) in [6, 6.07) is 0.234. The number of amides is 2. The van der Waals surface area contributed by atoms with Crippen molar-refractivity contribution in [2.24, 2.45) is 7.05 Å². The zero-order chi connectivity index (χ0) is 10.8. The molecule has 0 aliphatic heterocycles. The molecule has 2 rings (SSSR count). The van der Waals surface area contributed by atoms with E-state index in [0.29, 0.717) is 6.04 Å². The van der Waals surface area contributed by atoms with Gasteiger partial charge in [0.25, 0.3) is 0 Å². The average Bonchev–Trinajstić information content (AvgIpc) is 2.38. The fraction of sp³-hybridized carbons (Fsp3) is 0.600. The highest BCUT2D eigenvalue weighted by Gasteiger charge is 2.19. The number of hydrogen-bond acceptors (Lipinski definition) is 2. The van der Waals surface area contributed by atoms with E-state index >= 15 is 0 Å². The van der Waals surface area contributed by atoms with Crippen molar-refractivity contribution in [2.75, 3.05) is 5.32 Å². The predicted molar refractivity (Wildman–Crippen MR) is 57.7 cm³/mol. The summed E-state index contributed by atoms with van der Waals surface area (Å²) in [4.78, 5) is 11.5. The van der Waals surface area contributed by atoms with Gasteiger partial charge in [-0.05, 0) is 26.2 Å². The number of nitrogens with one attached hydrogen (secondary N) is 2. The second-order valence-corrected chi connectivity index (χ2v) is 4.03. The normalized spacial score (nSPS) is 15.9. The molecule has 0 aromatic carbocycles. The molecule has 0 bridgehead atoms. The van der Waals surface area contributed by atoms with Crippen LogP contribution in [0.15, 0.2) is 6.20 Å². The lowest BCUT2D eigenvalue weighted by molar-refractivity contribution is 0.240. The molecule has 1 aliphatic carbocycles. The van der Waals surface area contributed by atoms with Gasteiger partial charge in [0.1, 0.15) is 0 Å². The van der Waals surface area contributed by atoms with Crippen molar-refractivity contribution in [3.05, 3.63) is 11.9 Å². The number of carbonyl (C=O) groups excluding carboxylic acids is 1. The molecule has 0 radical (unpaired) electrons. The molecule has 0 saturated heterocycles. The van der Waals surface area contributed by atoms with Crippen molar-refractivity contribution < 1.29 is 4.79 Å². The Kier molecular flexibility index (Phi) is 2.62. The summed E-state index contributed by atoms with van der Waals surface area (Å²) >= 11 is 0. The topological polar surface area (TPSA) is 59.0 Å². The molecular formula is C10H16N4O. The summed E-state index contributed by atoms with van der Waals surface area (Å²) in [5.41, 5.74) is 1.61. The van der Waals surface area contributed by atoms with E-state index in [-0.39, 0.29) is 6.03 Å². The van der Waals surface area contributed by atoms with Gasteiger partial charge in [-0.2, -0.15) is 5.10 Å². The van der Waals surface area contributed by atoms with Gasteiger partial charge in [-0.3, -0.25) is 4.68 Å². The van der Waals surface area contributed by atoms with Crippen molar-refractivity contribution >= 4 is 11.7 Å². The largest absolute Gasteiger partial charge is 0.335 e. The first kappa shape index (κ1) is 10.0. The molecule has 1 aliphatic rings. The first-order valence-corrected chi connectivity index (χ1v) is 5.23. The summed E-state index contributed by atoms with van der Waals surface area (Å²) in [5, 5.41) is 9.86. The fourth-order valence-corrected chi connectivity index (χ4v) is 1.62. The third-order valence-electron chi connectivity index (χ3n) is 2.70. The van der Waals surface area contributed by atoms with Gasteiger partial charge in [0.15, 0.2) is 0 Å². The molecule has 1 heterocycles. The number of urea groups is 1. The summed E-state index contributed by atoms with van der Waals surface area (Å²) in [6.07, 6.45) is 5.21. The van der Waals surface area contributed by atoms with Crippen LogP contribution in [0.2, 0.25) is 0 Å². The van der Waals surface area contributed by atoms with E-state index in [1.165, 1.54) is 6.42 Å². The van der Waals surface area contributed by atoms with Crippen LogP contribution in [-0.2, 0) is 7.05 Å². The highest BCUT2D eigenvalue weighted by molar-refractivity contribution is 5.89. The molecular weight excluding hydrogens is 192 g/mol. The van der Waals surface area contributed by atoms with Gasteiger partial charge in [-0.25, -0.2) is 4.79 Å². The molecule has 15 heavy (non-hydrogen) atoms. The molecule has 1 saturated carbocycles. The minimum Gasteiger partial charge on any atom is -0.335 e. The third kappa shape index (κ3) is 2.29. The smallest absolute Gasteiger partial charge is 0.319 e. The standard InChI is InChI=1S/C10H16N4O/c1-7-9(6-14(2)13-7)12-10(15)11-8-4-3-5-8/h6,8H,3-5H2,1-2H3,(H2,11,12,15). The number of hydrogen-bond donors (Lipinski definition) is 2. The highest BCUT2D eigenvalue weighted by Crippen LogP contribution is 2.18. The van der Waals surface area contributed by atoms with Crippen LogP contribution in [0.4, 0.5) is 10.5 Å². The van der Waals surface area contributed by atoms with Crippen LogP contribution in [0.25, 0.3) is 0 Å². The van der Waals surface area contributed by atoms with Crippen molar-refractivity contribution in [3.8, 4) is 0 Å². The zero-order valence-electron chi connectivity index (χ0n) is 9.08. The monoisotopic (exact) mass is 208 g/mol. The van der Waals surface area contributed by atoms with Crippen molar-refractivity contribution in [1.29, 1.82) is 0 Å². The van der Waals surface area contributed by atoms with Crippen LogP contribution in [0.3, 0.4) is 0 Å². The van der Waals surface area contributed by atoms with E-state index in [4.69, 9.17) is 0 Å². The van der Waals surface area contributed by atoms with Crippen LogP contribution in [-0.4, -0.2) is 21.9 Å². The molecule has 0 unspecified atom stereocenters. The van der Waals surface area contributed by atoms with Crippen LogP contribution < -0.4 is 10.6 Å². The zero-order valence-corrected chi connectivity index (χ0v) is 9.08. The Hall–Kier alpha value is -1.52. The van der Waals surface area contributed by atoms with E-state index in [1.54, 1.807) is 10.9 Å². The first-order valence-electron chi connectivity index (χ1n) is 5.23. The summed E-state index contributed by atoms with van der Waals surface area (Å²) in [7, 11) is 1.84. The lowest BCUT2D eigenvalue weighted by Crippen LogP contribution is -2.41. The highest BCUT2D eigenvalue weighted by atomic mass is 16.2. The van der Waals surface area contributed by atoms with Crippen LogP contribution in [0.1, 0.15) is 25.0 Å². The minimum absolute atomic E-state index is 0.129. The first-order chi connectivity index (χ1) is 7.15. The van der Waals surface area contributed by atoms with E-state index in [9.17, 15) is 4.79 Å². The molecule has 0 atom stereocenters. The summed E-state index contributed by atoms with van der Waals surface area (Å²) in [6.45, 7) is 1.87. The molecule has 1 aromatic rings. The molecule has 82 valence electrons. The molecule has 2 amide bonds. The molecule has 1 aromatic heterocycles. The molecule has 0 spiro atoms. The number of rotatable bonds is 2. The molecule has 1 fully saturated rings. The Morgan fingerprint density at radius 1 is 1.60 bits per heavy atom. The second kappa shape index (κ2) is 3.92. The summed E-state index contributed by atoms with van der Waals surface area (Å²) in [5.74, 6) is 0.